The molecule has 10 aromatic rings. The number of likely N-dealkylation sites (tertiary alicyclic amines) is 1. The molecule has 0 bridgehead atoms. The Kier molecular flexibility index (Phi) is 13.3. The Hall–Kier alpha value is -7.15. The van der Waals surface area contributed by atoms with Crippen molar-refractivity contribution >= 4 is 50.4 Å². The van der Waals surface area contributed by atoms with Gasteiger partial charge in [-0.25, -0.2) is 9.97 Å². The molecule has 0 amide bonds. The van der Waals surface area contributed by atoms with Crippen LogP contribution >= 0.6 is 11.6 Å². The highest BCUT2D eigenvalue weighted by Gasteiger charge is 2.34. The number of halogens is 1. The third kappa shape index (κ3) is 9.97. The summed E-state index contributed by atoms with van der Waals surface area (Å²) < 4.78 is 3.69. The minimum atomic E-state index is -0.104. The fourth-order valence-corrected chi connectivity index (χ4v) is 10.3. The molecule has 1 N–H and O–H groups in total. The lowest BCUT2D eigenvalue weighted by Crippen LogP contribution is -2.53. The number of benzene rings is 4. The first-order chi connectivity index (χ1) is 34.0. The SMILES string of the molecule is CC(C)N1CCCC(C)(Nc2nc(-c3ccncc3)c(-c3ccc4ccccc4c3)c3nncn23)C1.CC1(C)CCCCC1.Clc1nc(-c2ccncc2)c(-c2ccc3ccccc3c2)c2nncn12. The van der Waals surface area contributed by atoms with E-state index in [9.17, 15) is 0 Å². The first kappa shape index (κ1) is 46.6. The van der Waals surface area contributed by atoms with E-state index in [4.69, 9.17) is 16.6 Å². The number of hydrogen-bond donors (Lipinski definition) is 1. The minimum absolute atomic E-state index is 0.104. The van der Waals surface area contributed by atoms with Crippen molar-refractivity contribution in [1.29, 1.82) is 0 Å². The van der Waals surface area contributed by atoms with Gasteiger partial charge in [0.15, 0.2) is 11.3 Å². The molecule has 1 atom stereocenters. The number of rotatable bonds is 7. The van der Waals surface area contributed by atoms with Gasteiger partial charge >= 0.3 is 0 Å². The number of nitrogens with one attached hydrogen (secondary N) is 1. The summed E-state index contributed by atoms with van der Waals surface area (Å²) in [5, 5.41) is 26.1. The van der Waals surface area contributed by atoms with Crippen LogP contribution in [0, 0.1) is 5.41 Å². The van der Waals surface area contributed by atoms with Gasteiger partial charge in [-0.1, -0.05) is 106 Å². The highest BCUT2D eigenvalue weighted by atomic mass is 35.5. The maximum absolute atomic E-state index is 6.36. The molecule has 0 radical (unpaired) electrons. The lowest BCUT2D eigenvalue weighted by Gasteiger charge is -2.43. The number of aromatic nitrogens is 10. The Labute approximate surface area is 414 Å². The molecule has 12 rings (SSSR count). The Morgan fingerprint density at radius 2 is 1.07 bits per heavy atom. The fraction of sp³-hybridized carbons (Fsp3) is 0.298. The number of pyridine rings is 2. The van der Waals surface area contributed by atoms with Crippen LogP contribution in [0.4, 0.5) is 5.95 Å². The van der Waals surface area contributed by atoms with Crippen molar-refractivity contribution in [2.75, 3.05) is 18.4 Å². The smallest absolute Gasteiger partial charge is 0.211 e. The van der Waals surface area contributed by atoms with Crippen molar-refractivity contribution in [3.05, 3.63) is 152 Å². The molecule has 1 saturated carbocycles. The summed E-state index contributed by atoms with van der Waals surface area (Å²) in [6.45, 7) is 13.7. The van der Waals surface area contributed by atoms with Crippen LogP contribution in [0.1, 0.15) is 79.6 Å². The molecule has 0 spiro atoms. The lowest BCUT2D eigenvalue weighted by atomic mass is 9.78. The summed E-state index contributed by atoms with van der Waals surface area (Å²) in [5.41, 5.74) is 9.52. The molecule has 70 heavy (non-hydrogen) atoms. The average molecular weight is 948 g/mol. The van der Waals surface area contributed by atoms with Crippen molar-refractivity contribution in [3.63, 3.8) is 0 Å². The second-order valence-corrected chi connectivity index (χ2v) is 20.3. The van der Waals surface area contributed by atoms with Crippen LogP contribution in [-0.2, 0) is 0 Å². The van der Waals surface area contributed by atoms with Crippen LogP contribution in [0.25, 0.3) is 77.6 Å². The first-order valence-electron chi connectivity index (χ1n) is 24.5. The molecular weight excluding hydrogens is 888 g/mol. The van der Waals surface area contributed by atoms with Gasteiger partial charge in [-0.05, 0) is 139 Å². The Balaban J connectivity index is 0.000000145. The van der Waals surface area contributed by atoms with Crippen molar-refractivity contribution in [2.45, 2.75) is 91.1 Å². The number of piperidine rings is 1. The summed E-state index contributed by atoms with van der Waals surface area (Å²) >= 11 is 6.36. The molecule has 6 aromatic heterocycles. The van der Waals surface area contributed by atoms with Crippen molar-refractivity contribution in [2.24, 2.45) is 5.41 Å². The van der Waals surface area contributed by atoms with Gasteiger partial charge in [0.25, 0.3) is 0 Å². The second kappa shape index (κ2) is 20.1. The summed E-state index contributed by atoms with van der Waals surface area (Å²) in [4.78, 5) is 20.7. The van der Waals surface area contributed by atoms with Gasteiger partial charge in [-0.2, -0.15) is 0 Å². The summed E-state index contributed by atoms with van der Waals surface area (Å²) in [6, 6.07) is 37.8. The van der Waals surface area contributed by atoms with E-state index in [1.165, 1.54) is 48.3 Å². The van der Waals surface area contributed by atoms with E-state index < -0.39 is 0 Å². The largest absolute Gasteiger partial charge is 0.349 e. The highest BCUT2D eigenvalue weighted by molar-refractivity contribution is 6.29. The molecule has 13 heteroatoms. The van der Waals surface area contributed by atoms with E-state index >= 15 is 0 Å². The Bertz CT molecular complexity index is 3400. The van der Waals surface area contributed by atoms with Crippen LogP contribution in [-0.4, -0.2) is 78.7 Å². The summed E-state index contributed by atoms with van der Waals surface area (Å²) in [5.74, 6) is 0.763. The normalized spacial score (nSPS) is 17.0. The maximum Gasteiger partial charge on any atom is 0.211 e. The van der Waals surface area contributed by atoms with Gasteiger partial charge in [-0.3, -0.25) is 23.7 Å². The molecule has 1 aliphatic carbocycles. The van der Waals surface area contributed by atoms with Crippen LogP contribution in [0.3, 0.4) is 0 Å². The van der Waals surface area contributed by atoms with Crippen LogP contribution in [0.2, 0.25) is 5.28 Å². The highest BCUT2D eigenvalue weighted by Crippen LogP contribution is 2.39. The zero-order valence-electron chi connectivity index (χ0n) is 40.6. The zero-order valence-corrected chi connectivity index (χ0v) is 41.4. The molecule has 2 fully saturated rings. The van der Waals surface area contributed by atoms with Gasteiger partial charge in [0.05, 0.1) is 28.1 Å². The van der Waals surface area contributed by atoms with E-state index in [0.29, 0.717) is 22.4 Å². The standard InChI is InChI=1S/C29H31N7.C20H12ClN5.C8H16/c1-20(2)35-16-6-13-29(3,18-35)33-28-32-26(22-11-14-30-15-12-22)25(27-34-31-19-36(27)28)24-10-9-21-7-4-5-8-23(21)17-24;21-20-24-18(14-7-9-22-10-8-14)17(19-25-23-12-26(19)20)16-6-5-13-3-1-2-4-15(13)11-16;1-8(2)6-4-3-5-7-8/h4-5,7-12,14-15,17,19-20H,6,13,16,18H2,1-3H3,(H,32,33);1-12H;3-7H2,1-2H3. The molecule has 2 aliphatic rings. The van der Waals surface area contributed by atoms with Crippen molar-refractivity contribution in [3.8, 4) is 44.8 Å². The van der Waals surface area contributed by atoms with E-state index in [2.05, 4.69) is 153 Å². The van der Waals surface area contributed by atoms with E-state index in [1.807, 2.05) is 53.2 Å². The average Bonchev–Trinajstić information content (AvgIpc) is 4.09. The summed E-state index contributed by atoms with van der Waals surface area (Å²) in [6.07, 6.45) is 20.0. The second-order valence-electron chi connectivity index (χ2n) is 20.0. The lowest BCUT2D eigenvalue weighted by molar-refractivity contribution is 0.137. The van der Waals surface area contributed by atoms with Gasteiger partial charge in [0, 0.05) is 48.5 Å². The van der Waals surface area contributed by atoms with Gasteiger partial charge < -0.3 is 5.32 Å². The van der Waals surface area contributed by atoms with Gasteiger partial charge in [0.2, 0.25) is 11.2 Å². The Morgan fingerprint density at radius 1 is 0.557 bits per heavy atom. The number of anilines is 1. The first-order valence-corrected chi connectivity index (χ1v) is 24.8. The van der Waals surface area contributed by atoms with Crippen LogP contribution in [0.15, 0.2) is 147 Å². The van der Waals surface area contributed by atoms with E-state index in [-0.39, 0.29) is 5.54 Å². The number of fused-ring (bicyclic) bond motifs is 4. The van der Waals surface area contributed by atoms with E-state index in [1.54, 1.807) is 29.4 Å². The molecule has 354 valence electrons. The maximum atomic E-state index is 6.36. The molecule has 12 nitrogen and oxygen atoms in total. The fourth-order valence-electron chi connectivity index (χ4n) is 10.1. The molecule has 1 saturated heterocycles. The summed E-state index contributed by atoms with van der Waals surface area (Å²) in [7, 11) is 0. The monoisotopic (exact) mass is 946 g/mol. The van der Waals surface area contributed by atoms with Gasteiger partial charge in [0.1, 0.15) is 12.7 Å². The molecule has 4 aromatic carbocycles. The minimum Gasteiger partial charge on any atom is -0.349 e. The van der Waals surface area contributed by atoms with Crippen LogP contribution in [0.5, 0.6) is 0 Å². The van der Waals surface area contributed by atoms with Gasteiger partial charge in [-0.15, -0.1) is 20.4 Å². The van der Waals surface area contributed by atoms with Crippen molar-refractivity contribution < 1.29 is 0 Å². The number of hydrogen-bond acceptors (Lipinski definition) is 10. The van der Waals surface area contributed by atoms with E-state index in [0.717, 1.165) is 87.7 Å². The third-order valence-electron chi connectivity index (χ3n) is 13.9. The zero-order chi connectivity index (χ0) is 48.2. The number of nitrogens with zero attached hydrogens (tertiary/aromatic N) is 11. The molecule has 7 heterocycles. The predicted octanol–water partition coefficient (Wildman–Crippen LogP) is 13.3. The molecule has 1 aliphatic heterocycles. The molecular formula is C57H59ClN12. The van der Waals surface area contributed by atoms with Crippen molar-refractivity contribution in [1.82, 2.24) is 54.0 Å². The molecule has 1 unspecified atom stereocenters. The third-order valence-corrected chi connectivity index (χ3v) is 14.2. The van der Waals surface area contributed by atoms with Crippen LogP contribution < -0.4 is 5.32 Å². The predicted molar refractivity (Wildman–Crippen MR) is 284 cm³/mol. The Morgan fingerprint density at radius 3 is 1.60 bits per heavy atom. The quantitative estimate of drug-likeness (QED) is 0.154. The topological polar surface area (TPSA) is 127 Å².